The SMILES string of the molecule is COCC1C(=O)C23C(O)CC4C(C)(C)C(=O)CCC4(C)C2CCC1C3O. The number of ether oxygens (including phenoxy) is 1. The molecule has 4 fully saturated rings. The van der Waals surface area contributed by atoms with E-state index in [1.165, 1.54) is 0 Å². The molecular formula is C21H32O5. The monoisotopic (exact) mass is 364 g/mol. The lowest BCUT2D eigenvalue weighted by atomic mass is 9.39. The Balaban J connectivity index is 1.83. The number of rotatable bonds is 2. The third kappa shape index (κ3) is 1.92. The van der Waals surface area contributed by atoms with E-state index in [0.29, 0.717) is 19.4 Å². The van der Waals surface area contributed by atoms with Gasteiger partial charge in [0, 0.05) is 24.9 Å². The van der Waals surface area contributed by atoms with Gasteiger partial charge in [0.25, 0.3) is 0 Å². The Bertz CT molecular complexity index is 642. The fourth-order valence-corrected chi connectivity index (χ4v) is 7.72. The van der Waals surface area contributed by atoms with Gasteiger partial charge < -0.3 is 14.9 Å². The topological polar surface area (TPSA) is 83.8 Å². The lowest BCUT2D eigenvalue weighted by molar-refractivity contribution is -0.222. The van der Waals surface area contributed by atoms with Gasteiger partial charge in [0.2, 0.25) is 0 Å². The predicted molar refractivity (Wildman–Crippen MR) is 95.3 cm³/mol. The largest absolute Gasteiger partial charge is 0.392 e. The second-order valence-electron chi connectivity index (χ2n) is 10.1. The van der Waals surface area contributed by atoms with Crippen molar-refractivity contribution < 1.29 is 24.5 Å². The van der Waals surface area contributed by atoms with E-state index in [9.17, 15) is 19.8 Å². The van der Waals surface area contributed by atoms with E-state index in [-0.39, 0.29) is 40.7 Å². The van der Waals surface area contributed by atoms with Gasteiger partial charge in [0.05, 0.1) is 24.2 Å². The van der Waals surface area contributed by atoms with Crippen LogP contribution in [0.1, 0.15) is 52.9 Å². The molecule has 0 aromatic carbocycles. The lowest BCUT2D eigenvalue weighted by Gasteiger charge is -2.64. The highest BCUT2D eigenvalue weighted by Crippen LogP contribution is 2.70. The van der Waals surface area contributed by atoms with Crippen LogP contribution in [0.25, 0.3) is 0 Å². The Morgan fingerprint density at radius 1 is 1.12 bits per heavy atom. The Hall–Kier alpha value is -0.780. The number of hydrogen-bond donors (Lipinski definition) is 2. The molecule has 1 spiro atoms. The first-order chi connectivity index (χ1) is 12.1. The first-order valence-corrected chi connectivity index (χ1v) is 10.1. The highest BCUT2D eigenvalue weighted by atomic mass is 16.5. The van der Waals surface area contributed by atoms with E-state index in [4.69, 9.17) is 4.74 Å². The molecule has 8 unspecified atom stereocenters. The lowest BCUT2D eigenvalue weighted by Crippen LogP contribution is -2.68. The van der Waals surface area contributed by atoms with Gasteiger partial charge in [-0.1, -0.05) is 20.8 Å². The zero-order chi connectivity index (χ0) is 19.1. The van der Waals surface area contributed by atoms with Gasteiger partial charge >= 0.3 is 0 Å². The van der Waals surface area contributed by atoms with E-state index >= 15 is 0 Å². The summed E-state index contributed by atoms with van der Waals surface area (Å²) in [6.45, 7) is 6.50. The molecule has 2 N–H and O–H groups in total. The average Bonchev–Trinajstić information content (AvgIpc) is 2.70. The van der Waals surface area contributed by atoms with Crippen LogP contribution in [-0.2, 0) is 14.3 Å². The number of carbonyl (C=O) groups excluding carboxylic acids is 2. The first-order valence-electron chi connectivity index (χ1n) is 10.1. The number of fused-ring (bicyclic) bond motifs is 3. The minimum absolute atomic E-state index is 0.00114. The van der Waals surface area contributed by atoms with Crippen molar-refractivity contribution in [2.75, 3.05) is 13.7 Å². The van der Waals surface area contributed by atoms with Crippen LogP contribution in [0.15, 0.2) is 0 Å². The smallest absolute Gasteiger partial charge is 0.150 e. The summed E-state index contributed by atoms with van der Waals surface area (Å²) in [4.78, 5) is 26.1. The number of ketones is 2. The molecule has 0 aromatic heterocycles. The molecule has 4 aliphatic rings. The van der Waals surface area contributed by atoms with Crippen LogP contribution in [0.3, 0.4) is 0 Å². The highest BCUT2D eigenvalue weighted by Gasteiger charge is 2.75. The van der Waals surface area contributed by atoms with Gasteiger partial charge in [-0.2, -0.15) is 0 Å². The molecule has 5 heteroatoms. The first kappa shape index (κ1) is 18.6. The molecule has 2 bridgehead atoms. The van der Waals surface area contributed by atoms with Gasteiger partial charge in [0.15, 0.2) is 0 Å². The summed E-state index contributed by atoms with van der Waals surface area (Å²) in [5.74, 6) is -0.218. The summed E-state index contributed by atoms with van der Waals surface area (Å²) in [6, 6.07) is 0. The number of Topliss-reactive ketones (excluding diaryl/α,β-unsaturated/α-hetero) is 2. The fraction of sp³-hybridized carbons (Fsp3) is 0.905. The summed E-state index contributed by atoms with van der Waals surface area (Å²) in [5, 5.41) is 22.5. The molecule has 0 aromatic rings. The van der Waals surface area contributed by atoms with Crippen LogP contribution in [0, 0.1) is 39.9 Å². The molecule has 0 heterocycles. The second-order valence-corrected chi connectivity index (χ2v) is 10.1. The summed E-state index contributed by atoms with van der Waals surface area (Å²) >= 11 is 0. The van der Waals surface area contributed by atoms with Crippen LogP contribution >= 0.6 is 0 Å². The Morgan fingerprint density at radius 3 is 2.46 bits per heavy atom. The van der Waals surface area contributed by atoms with Crippen molar-refractivity contribution in [1.29, 1.82) is 0 Å². The summed E-state index contributed by atoms with van der Waals surface area (Å²) in [7, 11) is 1.58. The molecule has 0 amide bonds. The Labute approximate surface area is 155 Å². The standard InChI is InChI=1S/C21H32O5/c1-19(2)14-9-16(23)21-13(20(14,3)8-7-15(19)22)6-5-11(17(21)24)12(10-26-4)18(21)25/h11-14,16-17,23-24H,5-10H2,1-4H3. The number of aliphatic hydroxyl groups excluding tert-OH is 2. The van der Waals surface area contributed by atoms with E-state index < -0.39 is 23.0 Å². The Kier molecular flexibility index (Phi) is 4.01. The van der Waals surface area contributed by atoms with Crippen molar-refractivity contribution in [3.05, 3.63) is 0 Å². The van der Waals surface area contributed by atoms with Crippen LogP contribution in [-0.4, -0.2) is 47.7 Å². The molecule has 0 aliphatic heterocycles. The van der Waals surface area contributed by atoms with Gasteiger partial charge in [-0.15, -0.1) is 0 Å². The van der Waals surface area contributed by atoms with Crippen molar-refractivity contribution in [2.45, 2.75) is 65.1 Å². The van der Waals surface area contributed by atoms with Crippen molar-refractivity contribution in [3.8, 4) is 0 Å². The van der Waals surface area contributed by atoms with E-state index in [1.807, 2.05) is 13.8 Å². The van der Waals surface area contributed by atoms with Gasteiger partial charge in [-0.3, -0.25) is 9.59 Å². The minimum atomic E-state index is -1.08. The number of methoxy groups -OCH3 is 1. The predicted octanol–water partition coefficient (Wildman–Crippen LogP) is 1.98. The summed E-state index contributed by atoms with van der Waals surface area (Å²) < 4.78 is 5.29. The van der Waals surface area contributed by atoms with E-state index in [0.717, 1.165) is 19.3 Å². The highest BCUT2D eigenvalue weighted by molar-refractivity contribution is 5.93. The quantitative estimate of drug-likeness (QED) is 0.783. The number of hydrogen-bond acceptors (Lipinski definition) is 5. The van der Waals surface area contributed by atoms with Crippen molar-refractivity contribution in [2.24, 2.45) is 39.9 Å². The van der Waals surface area contributed by atoms with Crippen LogP contribution < -0.4 is 0 Å². The van der Waals surface area contributed by atoms with Gasteiger partial charge in [0.1, 0.15) is 11.6 Å². The second kappa shape index (κ2) is 5.62. The van der Waals surface area contributed by atoms with Crippen molar-refractivity contribution >= 4 is 11.6 Å². The molecule has 146 valence electrons. The molecule has 5 nitrogen and oxygen atoms in total. The zero-order valence-electron chi connectivity index (χ0n) is 16.3. The maximum atomic E-state index is 13.5. The van der Waals surface area contributed by atoms with Crippen LogP contribution in [0.5, 0.6) is 0 Å². The summed E-state index contributed by atoms with van der Waals surface area (Å²) in [6.07, 6.45) is 1.63. The molecular weight excluding hydrogens is 332 g/mol. The minimum Gasteiger partial charge on any atom is -0.392 e. The zero-order valence-corrected chi connectivity index (χ0v) is 16.3. The van der Waals surface area contributed by atoms with Crippen molar-refractivity contribution in [1.82, 2.24) is 0 Å². The third-order valence-corrected chi connectivity index (χ3v) is 8.97. The molecule has 4 saturated carbocycles. The van der Waals surface area contributed by atoms with Gasteiger partial charge in [-0.05, 0) is 48.9 Å². The maximum absolute atomic E-state index is 13.5. The fourth-order valence-electron chi connectivity index (χ4n) is 7.72. The number of aliphatic hydroxyl groups is 2. The van der Waals surface area contributed by atoms with Crippen LogP contribution in [0.4, 0.5) is 0 Å². The molecule has 4 rings (SSSR count). The summed E-state index contributed by atoms with van der Waals surface area (Å²) in [5.41, 5.74) is -1.78. The maximum Gasteiger partial charge on any atom is 0.150 e. The molecule has 8 atom stereocenters. The number of carbonyl (C=O) groups is 2. The average molecular weight is 364 g/mol. The molecule has 4 aliphatic carbocycles. The van der Waals surface area contributed by atoms with E-state index in [1.54, 1.807) is 7.11 Å². The molecule has 0 radical (unpaired) electrons. The molecule has 0 saturated heterocycles. The van der Waals surface area contributed by atoms with E-state index in [2.05, 4.69) is 6.92 Å². The van der Waals surface area contributed by atoms with Gasteiger partial charge in [-0.25, -0.2) is 0 Å². The van der Waals surface area contributed by atoms with Crippen LogP contribution in [0.2, 0.25) is 0 Å². The normalized spacial score (nSPS) is 52.5. The van der Waals surface area contributed by atoms with Crippen molar-refractivity contribution in [3.63, 3.8) is 0 Å². The Morgan fingerprint density at radius 2 is 1.81 bits per heavy atom. The molecule has 26 heavy (non-hydrogen) atoms. The third-order valence-electron chi connectivity index (χ3n) is 8.97.